The number of rotatable bonds is 2. The second-order valence-electron chi connectivity index (χ2n) is 2.39. The number of halogens is 2. The van der Waals surface area contributed by atoms with Crippen molar-refractivity contribution in [2.24, 2.45) is 7.05 Å². The number of carbonyl (C=O) groups is 1. The number of aryl methyl sites for hydroxylation is 1. The molecule has 0 atom stereocenters. The van der Waals surface area contributed by atoms with Crippen LogP contribution in [0.4, 0.5) is 5.82 Å². The fourth-order valence-electron chi connectivity index (χ4n) is 0.940. The third kappa shape index (κ3) is 2.30. The lowest BCUT2D eigenvalue weighted by molar-refractivity contribution is 0.0514. The van der Waals surface area contributed by atoms with E-state index in [2.05, 4.69) is 5.10 Å². The van der Waals surface area contributed by atoms with Crippen LogP contribution < -0.4 is 5.73 Å². The first-order chi connectivity index (χ1) is 6.07. The van der Waals surface area contributed by atoms with Crippen LogP contribution in [0.25, 0.3) is 0 Å². The molecule has 5 nitrogen and oxygen atoms in total. The fraction of sp³-hybridized carbons (Fsp3) is 0.429. The van der Waals surface area contributed by atoms with Crippen LogP contribution in [-0.2, 0) is 11.8 Å². The number of anilines is 1. The van der Waals surface area contributed by atoms with Crippen molar-refractivity contribution in [3.05, 3.63) is 10.7 Å². The van der Waals surface area contributed by atoms with Gasteiger partial charge in [-0.05, 0) is 6.92 Å². The number of hydrogen-bond acceptors (Lipinski definition) is 4. The van der Waals surface area contributed by atoms with Gasteiger partial charge in [0.1, 0.15) is 5.02 Å². The van der Waals surface area contributed by atoms with E-state index in [1.54, 1.807) is 14.0 Å². The molecule has 0 aliphatic carbocycles. The second-order valence-corrected chi connectivity index (χ2v) is 2.77. The smallest absolute Gasteiger partial charge is 0.358 e. The molecular weight excluding hydrogens is 229 g/mol. The normalized spacial score (nSPS) is 9.36. The first kappa shape index (κ1) is 13.1. The van der Waals surface area contributed by atoms with Gasteiger partial charge in [0.25, 0.3) is 0 Å². The van der Waals surface area contributed by atoms with Crippen LogP contribution in [-0.4, -0.2) is 22.4 Å². The van der Waals surface area contributed by atoms with Gasteiger partial charge in [0, 0.05) is 7.05 Å². The van der Waals surface area contributed by atoms with Gasteiger partial charge in [-0.1, -0.05) is 11.6 Å². The molecule has 80 valence electrons. The molecule has 0 bridgehead atoms. The van der Waals surface area contributed by atoms with Crippen molar-refractivity contribution in [1.29, 1.82) is 0 Å². The summed E-state index contributed by atoms with van der Waals surface area (Å²) in [5.41, 5.74) is 5.59. The minimum Gasteiger partial charge on any atom is -0.461 e. The quantitative estimate of drug-likeness (QED) is 0.790. The van der Waals surface area contributed by atoms with Gasteiger partial charge in [0.15, 0.2) is 11.5 Å². The molecule has 0 spiro atoms. The third-order valence-electron chi connectivity index (χ3n) is 1.48. The van der Waals surface area contributed by atoms with Crippen molar-refractivity contribution in [1.82, 2.24) is 9.78 Å². The largest absolute Gasteiger partial charge is 0.461 e. The standard InChI is InChI=1S/C7H10ClN3O2.ClH/c1-3-13-7(12)5-4(8)6(9)10-11(5)2;/h3H2,1-2H3,(H2,9,10);1H. The van der Waals surface area contributed by atoms with E-state index in [-0.39, 0.29) is 28.9 Å². The predicted octanol–water partition coefficient (Wildman–Crippen LogP) is 1.25. The first-order valence-corrected chi connectivity index (χ1v) is 4.10. The monoisotopic (exact) mass is 239 g/mol. The maximum absolute atomic E-state index is 11.3. The number of nitrogens with zero attached hydrogens (tertiary/aromatic N) is 2. The van der Waals surface area contributed by atoms with E-state index in [0.29, 0.717) is 6.61 Å². The highest BCUT2D eigenvalue weighted by Gasteiger charge is 2.19. The minimum absolute atomic E-state index is 0. The summed E-state index contributed by atoms with van der Waals surface area (Å²) >= 11 is 5.74. The summed E-state index contributed by atoms with van der Waals surface area (Å²) in [6, 6.07) is 0. The van der Waals surface area contributed by atoms with Crippen LogP contribution in [0.15, 0.2) is 0 Å². The molecule has 0 aromatic carbocycles. The van der Waals surface area contributed by atoms with Crippen LogP contribution in [0.3, 0.4) is 0 Å². The minimum atomic E-state index is -0.515. The van der Waals surface area contributed by atoms with E-state index < -0.39 is 5.97 Å². The number of ether oxygens (including phenoxy) is 1. The first-order valence-electron chi connectivity index (χ1n) is 3.73. The summed E-state index contributed by atoms with van der Waals surface area (Å²) in [6.07, 6.45) is 0. The molecule has 0 fully saturated rings. The summed E-state index contributed by atoms with van der Waals surface area (Å²) in [4.78, 5) is 11.3. The second kappa shape index (κ2) is 5.07. The molecule has 7 heteroatoms. The molecule has 0 radical (unpaired) electrons. The molecule has 14 heavy (non-hydrogen) atoms. The van der Waals surface area contributed by atoms with Crippen LogP contribution in [0, 0.1) is 0 Å². The summed E-state index contributed by atoms with van der Waals surface area (Å²) < 4.78 is 6.06. The van der Waals surface area contributed by atoms with Gasteiger partial charge in [-0.15, -0.1) is 12.4 Å². The lowest BCUT2D eigenvalue weighted by Gasteiger charge is -2.01. The van der Waals surface area contributed by atoms with Gasteiger partial charge in [-0.3, -0.25) is 4.68 Å². The number of carbonyl (C=O) groups excluding carboxylic acids is 1. The zero-order valence-electron chi connectivity index (χ0n) is 7.78. The summed E-state index contributed by atoms with van der Waals surface area (Å²) in [6.45, 7) is 2.01. The average Bonchev–Trinajstić information content (AvgIpc) is 2.27. The van der Waals surface area contributed by atoms with Gasteiger partial charge in [0.2, 0.25) is 0 Å². The number of nitrogen functional groups attached to an aromatic ring is 1. The summed E-state index contributed by atoms with van der Waals surface area (Å²) in [7, 11) is 1.58. The van der Waals surface area contributed by atoms with Crippen LogP contribution in [0.5, 0.6) is 0 Å². The van der Waals surface area contributed by atoms with Crippen LogP contribution in [0.2, 0.25) is 5.02 Å². The Bertz CT molecular complexity index is 338. The third-order valence-corrected chi connectivity index (χ3v) is 1.86. The van der Waals surface area contributed by atoms with Gasteiger partial charge in [-0.25, -0.2) is 4.79 Å². The lowest BCUT2D eigenvalue weighted by atomic mass is 10.4. The fourth-order valence-corrected chi connectivity index (χ4v) is 1.18. The maximum Gasteiger partial charge on any atom is 0.358 e. The Labute approximate surface area is 92.6 Å². The van der Waals surface area contributed by atoms with E-state index in [0.717, 1.165) is 0 Å². The Kier molecular flexibility index (Phi) is 4.73. The Morgan fingerprint density at radius 1 is 1.71 bits per heavy atom. The lowest BCUT2D eigenvalue weighted by Crippen LogP contribution is -2.10. The highest BCUT2D eigenvalue weighted by atomic mass is 35.5. The topological polar surface area (TPSA) is 70.1 Å². The van der Waals surface area contributed by atoms with Gasteiger partial charge < -0.3 is 10.5 Å². The Morgan fingerprint density at radius 2 is 2.29 bits per heavy atom. The molecule has 0 aliphatic rings. The van der Waals surface area contributed by atoms with Crippen molar-refractivity contribution < 1.29 is 9.53 Å². The van der Waals surface area contributed by atoms with E-state index in [9.17, 15) is 4.79 Å². The highest BCUT2D eigenvalue weighted by Crippen LogP contribution is 2.22. The van der Waals surface area contributed by atoms with E-state index in [4.69, 9.17) is 22.1 Å². The van der Waals surface area contributed by atoms with E-state index >= 15 is 0 Å². The van der Waals surface area contributed by atoms with Crippen molar-refractivity contribution >= 4 is 35.8 Å². The van der Waals surface area contributed by atoms with Crippen molar-refractivity contribution in [3.8, 4) is 0 Å². The molecule has 1 aromatic rings. The summed E-state index contributed by atoms with van der Waals surface area (Å²) in [5.74, 6) is -0.383. The average molecular weight is 240 g/mol. The molecular formula is C7H11Cl2N3O2. The van der Waals surface area contributed by atoms with Gasteiger partial charge >= 0.3 is 5.97 Å². The SMILES string of the molecule is CCOC(=O)c1c(Cl)c(N)nn1C.Cl. The number of nitrogens with two attached hydrogens (primary N) is 1. The van der Waals surface area contributed by atoms with E-state index in [1.807, 2.05) is 0 Å². The van der Waals surface area contributed by atoms with Crippen molar-refractivity contribution in [2.75, 3.05) is 12.3 Å². The maximum atomic E-state index is 11.3. The zero-order valence-corrected chi connectivity index (χ0v) is 9.35. The van der Waals surface area contributed by atoms with Crippen LogP contribution >= 0.6 is 24.0 Å². The molecule has 0 aliphatic heterocycles. The Balaban J connectivity index is 0.00000169. The van der Waals surface area contributed by atoms with Crippen molar-refractivity contribution in [3.63, 3.8) is 0 Å². The molecule has 0 amide bonds. The number of esters is 1. The molecule has 0 unspecified atom stereocenters. The number of aromatic nitrogens is 2. The molecule has 0 saturated carbocycles. The highest BCUT2D eigenvalue weighted by molar-refractivity contribution is 6.35. The molecule has 1 aromatic heterocycles. The molecule has 1 rings (SSSR count). The number of hydrogen-bond donors (Lipinski definition) is 1. The Hall–Kier alpha value is -0.940. The Morgan fingerprint density at radius 3 is 2.64 bits per heavy atom. The zero-order chi connectivity index (χ0) is 10.0. The van der Waals surface area contributed by atoms with Gasteiger partial charge in [-0.2, -0.15) is 5.10 Å². The molecule has 1 heterocycles. The van der Waals surface area contributed by atoms with E-state index in [1.165, 1.54) is 4.68 Å². The molecule has 2 N–H and O–H groups in total. The van der Waals surface area contributed by atoms with Gasteiger partial charge in [0.05, 0.1) is 6.61 Å². The summed E-state index contributed by atoms with van der Waals surface area (Å²) in [5, 5.41) is 3.92. The van der Waals surface area contributed by atoms with Crippen LogP contribution in [0.1, 0.15) is 17.4 Å². The van der Waals surface area contributed by atoms with Crippen molar-refractivity contribution in [2.45, 2.75) is 6.92 Å². The molecule has 0 saturated heterocycles. The predicted molar refractivity (Wildman–Crippen MR) is 55.8 cm³/mol.